The number of hydrogen-bond donors (Lipinski definition) is 2. The van der Waals surface area contributed by atoms with Gasteiger partial charge in [-0.15, -0.1) is 0 Å². The van der Waals surface area contributed by atoms with Gasteiger partial charge in [-0.2, -0.15) is 4.21 Å². The first-order valence-electron chi connectivity index (χ1n) is 6.54. The Kier molecular flexibility index (Phi) is 9.29. The molecule has 1 unspecified atom stereocenters. The molecule has 2 N–H and O–H groups in total. The molecule has 0 aliphatic rings. The highest BCUT2D eigenvalue weighted by atomic mass is 79.9. The first-order valence-corrected chi connectivity index (χ1v) is 9.70. The molecule has 1 atom stereocenters. The van der Waals surface area contributed by atoms with Gasteiger partial charge in [0.1, 0.15) is 5.75 Å². The van der Waals surface area contributed by atoms with E-state index in [1.54, 1.807) is 12.4 Å². The van der Waals surface area contributed by atoms with Gasteiger partial charge in [-0.25, -0.2) is 0 Å². The Hall–Kier alpha value is -0.320. The minimum Gasteiger partial charge on any atom is -0.492 e. The maximum Gasteiger partial charge on any atom is 0.266 e. The monoisotopic (exact) mass is 398 g/mol. The number of rotatable bonds is 11. The van der Waals surface area contributed by atoms with E-state index < -0.39 is 9.05 Å². The molecule has 0 fully saturated rings. The van der Waals surface area contributed by atoms with Gasteiger partial charge in [-0.1, -0.05) is 0 Å². The minimum atomic E-state index is -3.49. The molecule has 0 saturated carbocycles. The van der Waals surface area contributed by atoms with Crippen molar-refractivity contribution >= 4 is 36.2 Å². The van der Waals surface area contributed by atoms with Gasteiger partial charge >= 0.3 is 0 Å². The number of nitrogens with one attached hydrogen (secondary N) is 1. The molecule has 1 aromatic heterocycles. The Morgan fingerprint density at radius 1 is 1.33 bits per heavy atom. The quantitative estimate of drug-likeness (QED) is 0.552. The van der Waals surface area contributed by atoms with Gasteiger partial charge in [0.25, 0.3) is 9.05 Å². The van der Waals surface area contributed by atoms with Crippen molar-refractivity contribution in [3.8, 4) is 5.75 Å². The van der Waals surface area contributed by atoms with Crippen molar-refractivity contribution in [2.75, 3.05) is 26.3 Å². The van der Waals surface area contributed by atoms with Crippen LogP contribution in [0.3, 0.4) is 0 Å². The fraction of sp³-hybridized carbons (Fsp3) is 0.583. The van der Waals surface area contributed by atoms with Crippen LogP contribution in [0.1, 0.15) is 19.3 Å². The molecule has 0 bridgehead atoms. The lowest BCUT2D eigenvalue weighted by Crippen LogP contribution is -2.22. The molecule has 0 aromatic carbocycles. The van der Waals surface area contributed by atoms with Crippen LogP contribution in [0.25, 0.3) is 0 Å². The predicted molar refractivity (Wildman–Crippen MR) is 88.2 cm³/mol. The van der Waals surface area contributed by atoms with Crippen molar-refractivity contribution in [1.29, 1.82) is 0 Å². The normalized spacial score (nSPS) is 13.8. The summed E-state index contributed by atoms with van der Waals surface area (Å²) in [6.45, 7) is 2.13. The van der Waals surface area contributed by atoms with Crippen molar-refractivity contribution in [2.45, 2.75) is 19.3 Å². The highest BCUT2D eigenvalue weighted by Gasteiger charge is 2.00. The highest BCUT2D eigenvalue weighted by molar-refractivity contribution is 9.10. The van der Waals surface area contributed by atoms with Crippen LogP contribution >= 0.6 is 15.9 Å². The molecule has 1 rings (SSSR count). The number of unbranched alkanes of at least 4 members (excludes halogenated alkanes) is 2. The molecule has 0 spiro atoms. The van der Waals surface area contributed by atoms with E-state index in [2.05, 4.69) is 41.6 Å². The Morgan fingerprint density at radius 2 is 2.14 bits per heavy atom. The third-order valence-electron chi connectivity index (χ3n) is 2.50. The molecule has 0 radical (unpaired) electrons. The SMILES string of the molecule is O=S(O)(=S)OCCNCCCCCOc1ccncc1Br. The lowest BCUT2D eigenvalue weighted by Gasteiger charge is -2.08. The summed E-state index contributed by atoms with van der Waals surface area (Å²) in [7, 11) is -3.49. The maximum atomic E-state index is 10.6. The number of nitrogens with zero attached hydrogens (tertiary/aromatic N) is 1. The molecule has 0 amide bonds. The Morgan fingerprint density at radius 3 is 2.86 bits per heavy atom. The first kappa shape index (κ1) is 18.7. The third-order valence-corrected chi connectivity index (χ3v) is 3.85. The van der Waals surface area contributed by atoms with E-state index in [0.29, 0.717) is 13.2 Å². The Balaban J connectivity index is 1.92. The number of ether oxygens (including phenoxy) is 1. The number of halogens is 1. The minimum absolute atomic E-state index is 0.137. The van der Waals surface area contributed by atoms with Gasteiger partial charge in [0, 0.05) is 30.1 Å². The highest BCUT2D eigenvalue weighted by Crippen LogP contribution is 2.22. The molecule has 0 saturated heterocycles. The van der Waals surface area contributed by atoms with E-state index in [1.165, 1.54) is 0 Å². The van der Waals surface area contributed by atoms with Crippen LogP contribution in [0, 0.1) is 0 Å². The molecule has 1 aromatic rings. The molecule has 1 heterocycles. The second-order valence-electron chi connectivity index (χ2n) is 4.21. The van der Waals surface area contributed by atoms with E-state index >= 15 is 0 Å². The van der Waals surface area contributed by atoms with Crippen LogP contribution < -0.4 is 10.1 Å². The molecule has 120 valence electrons. The van der Waals surface area contributed by atoms with E-state index in [4.69, 9.17) is 9.29 Å². The molecule has 6 nitrogen and oxygen atoms in total. The number of pyridine rings is 1. The van der Waals surface area contributed by atoms with Crippen molar-refractivity contribution < 1.29 is 17.7 Å². The second-order valence-corrected chi connectivity index (χ2v) is 7.42. The first-order chi connectivity index (χ1) is 9.99. The van der Waals surface area contributed by atoms with Crippen LogP contribution in [0.2, 0.25) is 0 Å². The zero-order chi connectivity index (χ0) is 15.6. The summed E-state index contributed by atoms with van der Waals surface area (Å²) in [5.41, 5.74) is 0. The van der Waals surface area contributed by atoms with E-state index in [-0.39, 0.29) is 6.61 Å². The summed E-state index contributed by atoms with van der Waals surface area (Å²) < 4.78 is 30.4. The summed E-state index contributed by atoms with van der Waals surface area (Å²) in [5, 5.41) is 3.11. The smallest absolute Gasteiger partial charge is 0.266 e. The molecular formula is C12H19BrN2O4S2. The molecular weight excluding hydrogens is 380 g/mol. The summed E-state index contributed by atoms with van der Waals surface area (Å²) in [6, 6.07) is 1.82. The van der Waals surface area contributed by atoms with Crippen molar-refractivity contribution in [3.63, 3.8) is 0 Å². The van der Waals surface area contributed by atoms with Gasteiger partial charge in [0.2, 0.25) is 0 Å². The lowest BCUT2D eigenvalue weighted by atomic mass is 10.2. The summed E-state index contributed by atoms with van der Waals surface area (Å²) in [6.07, 6.45) is 6.40. The average molecular weight is 399 g/mol. The zero-order valence-electron chi connectivity index (χ0n) is 11.5. The summed E-state index contributed by atoms with van der Waals surface area (Å²) in [5.74, 6) is 0.803. The van der Waals surface area contributed by atoms with E-state index in [9.17, 15) is 4.21 Å². The molecule has 9 heteroatoms. The fourth-order valence-corrected chi connectivity index (χ4v) is 2.40. The molecule has 0 aliphatic carbocycles. The Labute approximate surface area is 138 Å². The topological polar surface area (TPSA) is 80.7 Å². The van der Waals surface area contributed by atoms with Crippen LogP contribution in [-0.4, -0.2) is 40.0 Å². The van der Waals surface area contributed by atoms with Gasteiger partial charge in [0.05, 0.1) is 17.7 Å². The summed E-state index contributed by atoms with van der Waals surface area (Å²) >= 11 is 7.57. The lowest BCUT2D eigenvalue weighted by molar-refractivity contribution is 0.296. The van der Waals surface area contributed by atoms with Gasteiger partial charge in [-0.3, -0.25) is 13.7 Å². The molecule has 21 heavy (non-hydrogen) atoms. The van der Waals surface area contributed by atoms with Crippen molar-refractivity contribution in [3.05, 3.63) is 22.9 Å². The van der Waals surface area contributed by atoms with E-state index in [1.807, 2.05) is 6.07 Å². The largest absolute Gasteiger partial charge is 0.492 e. The van der Waals surface area contributed by atoms with Crippen molar-refractivity contribution in [1.82, 2.24) is 10.3 Å². The summed E-state index contributed by atoms with van der Waals surface area (Å²) in [4.78, 5) is 3.97. The fourth-order valence-electron chi connectivity index (χ4n) is 1.53. The standard InChI is InChI=1S/C12H19BrN2O4S2/c13-11-10-15-6-4-12(11)18-8-3-1-2-5-14-7-9-19-21(16,17)20/h4,6,10,14H,1-3,5,7-9H2,(H,16,17,20). The average Bonchev–Trinajstić information content (AvgIpc) is 2.41. The number of aromatic nitrogens is 1. The van der Waals surface area contributed by atoms with Crippen LogP contribution in [0.15, 0.2) is 22.9 Å². The maximum absolute atomic E-state index is 10.6. The molecule has 0 aliphatic heterocycles. The van der Waals surface area contributed by atoms with Crippen LogP contribution in [0.4, 0.5) is 0 Å². The van der Waals surface area contributed by atoms with Crippen molar-refractivity contribution in [2.24, 2.45) is 0 Å². The second kappa shape index (κ2) is 10.4. The van der Waals surface area contributed by atoms with Gasteiger partial charge < -0.3 is 10.1 Å². The van der Waals surface area contributed by atoms with Crippen LogP contribution in [0.5, 0.6) is 5.75 Å². The van der Waals surface area contributed by atoms with E-state index in [0.717, 1.165) is 36.0 Å². The third kappa shape index (κ3) is 10.1. The zero-order valence-corrected chi connectivity index (χ0v) is 14.7. The van der Waals surface area contributed by atoms with Crippen LogP contribution in [-0.2, 0) is 24.4 Å². The predicted octanol–water partition coefficient (Wildman–Crippen LogP) is 2.13. The Bertz CT molecular complexity index is 514. The van der Waals surface area contributed by atoms with Gasteiger partial charge in [-0.05, 0) is 47.8 Å². The van der Waals surface area contributed by atoms with Gasteiger partial charge in [0.15, 0.2) is 0 Å². The number of hydrogen-bond acceptors (Lipinski definition) is 6.